The second-order valence-electron chi connectivity index (χ2n) is 15.9. The van der Waals surface area contributed by atoms with E-state index in [0.717, 1.165) is 21.9 Å². The first kappa shape index (κ1) is 43.8. The molecule has 4 aliphatic rings. The quantitative estimate of drug-likeness (QED) is 0.0944. The smallest absolute Gasteiger partial charge is 0.229 e. The molecule has 18 heteroatoms. The maximum absolute atomic E-state index is 14.1. The molecule has 0 aromatic heterocycles. The van der Waals surface area contributed by atoms with Crippen LogP contribution in [0.25, 0.3) is 21.5 Å². The third-order valence-corrected chi connectivity index (χ3v) is 12.9. The third kappa shape index (κ3) is 7.91. The number of amides is 2. The van der Waals surface area contributed by atoms with Crippen molar-refractivity contribution >= 4 is 67.9 Å². The molecule has 328 valence electrons. The van der Waals surface area contributed by atoms with Gasteiger partial charge in [-0.1, -0.05) is 48.5 Å². The summed E-state index contributed by atoms with van der Waals surface area (Å²) in [6.45, 7) is -0.735. The summed E-state index contributed by atoms with van der Waals surface area (Å²) < 4.78 is 23.5. The molecule has 2 saturated heterocycles. The van der Waals surface area contributed by atoms with Crippen molar-refractivity contribution in [2.75, 3.05) is 47.9 Å². The summed E-state index contributed by atoms with van der Waals surface area (Å²) in [7, 11) is 0. The molecule has 8 rings (SSSR count). The lowest BCUT2D eigenvalue weighted by Gasteiger charge is -2.39. The molecule has 4 heterocycles. The van der Waals surface area contributed by atoms with E-state index in [4.69, 9.17) is 42.1 Å². The molecular formula is C43H48Cl2N2O14. The number of halogens is 2. The van der Waals surface area contributed by atoms with Gasteiger partial charge in [-0.25, -0.2) is 0 Å². The highest BCUT2D eigenvalue weighted by atomic mass is 35.5. The van der Waals surface area contributed by atoms with E-state index in [2.05, 4.69) is 0 Å². The third-order valence-electron chi connectivity index (χ3n) is 12.2. The van der Waals surface area contributed by atoms with Crippen molar-refractivity contribution in [1.29, 1.82) is 0 Å². The summed E-state index contributed by atoms with van der Waals surface area (Å²) >= 11 is 13.0. The minimum Gasteiger partial charge on any atom is -0.461 e. The van der Waals surface area contributed by atoms with Gasteiger partial charge in [0.2, 0.25) is 24.4 Å². The maximum Gasteiger partial charge on any atom is 0.229 e. The molecule has 12 atom stereocenters. The molecule has 4 aromatic rings. The number of fused-ring (bicyclic) bond motifs is 6. The zero-order chi connectivity index (χ0) is 43.3. The number of anilines is 2. The summed E-state index contributed by atoms with van der Waals surface area (Å²) in [5.41, 5.74) is 2.70. The second-order valence-corrected chi connectivity index (χ2v) is 16.5. The number of carbonyl (C=O) groups excluding carboxylic acids is 2. The maximum atomic E-state index is 14.1. The van der Waals surface area contributed by atoms with Crippen LogP contribution in [0.4, 0.5) is 11.4 Å². The zero-order valence-corrected chi connectivity index (χ0v) is 34.3. The molecular weight excluding hydrogens is 839 g/mol. The van der Waals surface area contributed by atoms with Crippen molar-refractivity contribution < 1.29 is 69.4 Å². The molecule has 2 fully saturated rings. The van der Waals surface area contributed by atoms with Crippen LogP contribution in [0.2, 0.25) is 0 Å². The number of nitrogens with zero attached hydrogens (tertiary/aromatic N) is 2. The molecule has 4 aliphatic heterocycles. The van der Waals surface area contributed by atoms with E-state index in [1.807, 2.05) is 24.3 Å². The van der Waals surface area contributed by atoms with E-state index in [1.165, 1.54) is 0 Å². The molecule has 2 amide bonds. The van der Waals surface area contributed by atoms with Gasteiger partial charge in [0.05, 0.1) is 24.6 Å². The van der Waals surface area contributed by atoms with E-state index in [-0.39, 0.29) is 79.3 Å². The Bertz CT molecular complexity index is 2110. The molecule has 0 radical (unpaired) electrons. The summed E-state index contributed by atoms with van der Waals surface area (Å²) in [4.78, 5) is 31.3. The van der Waals surface area contributed by atoms with Crippen LogP contribution in [0.5, 0.6) is 11.5 Å². The molecule has 0 bridgehead atoms. The first-order valence-electron chi connectivity index (χ1n) is 20.2. The Labute approximate surface area is 359 Å². The van der Waals surface area contributed by atoms with Crippen LogP contribution in [0.1, 0.15) is 42.2 Å². The predicted molar refractivity (Wildman–Crippen MR) is 222 cm³/mol. The number of carbonyl (C=O) groups is 2. The lowest BCUT2D eigenvalue weighted by atomic mass is 9.95. The molecule has 10 unspecified atom stereocenters. The monoisotopic (exact) mass is 886 g/mol. The summed E-state index contributed by atoms with van der Waals surface area (Å²) in [5, 5.41) is 85.1. The van der Waals surface area contributed by atoms with Crippen LogP contribution in [0.15, 0.2) is 60.7 Å². The fraction of sp³-hybridized carbons (Fsp3) is 0.488. The van der Waals surface area contributed by atoms with Crippen LogP contribution in [0, 0.1) is 0 Å². The highest BCUT2D eigenvalue weighted by Crippen LogP contribution is 2.48. The van der Waals surface area contributed by atoms with Gasteiger partial charge in [0.25, 0.3) is 0 Å². The van der Waals surface area contributed by atoms with Crippen LogP contribution in [-0.4, -0.2) is 152 Å². The van der Waals surface area contributed by atoms with Gasteiger partial charge in [-0.05, 0) is 28.3 Å². The lowest BCUT2D eigenvalue weighted by molar-refractivity contribution is -0.277. The van der Waals surface area contributed by atoms with E-state index in [1.54, 1.807) is 46.2 Å². The minimum absolute atomic E-state index is 0.00125. The first-order chi connectivity index (χ1) is 29.4. The Morgan fingerprint density at radius 2 is 0.967 bits per heavy atom. The standard InChI is InChI=1S/C43H48Cl2N2O14/c44-14-20-16-46(26-12-28(22-6-1-3-8-24(22)34(20)26)58-42-40(56)38(54)36(52)30(18-48)60-42)32(50)10-5-11-33(51)47-17-21(15-45)35-25-9-4-2-7-23(25)29(13-27(35)47)59-43-41(57)39(55)37(53)31(19-49)61-43/h1-4,6-9,12-13,20-21,30-31,36-43,48-49,52-57H,5,10-11,14-19H2/t20-,21-,30?,31?,36?,37?,38?,39?,40?,41?,42?,43?/m1/s1. The Morgan fingerprint density at radius 3 is 1.33 bits per heavy atom. The van der Waals surface area contributed by atoms with Crippen LogP contribution < -0.4 is 19.3 Å². The fourth-order valence-corrected chi connectivity index (χ4v) is 9.49. The lowest BCUT2D eigenvalue weighted by Crippen LogP contribution is -2.60. The number of benzene rings is 4. The van der Waals surface area contributed by atoms with E-state index in [0.29, 0.717) is 22.1 Å². The SMILES string of the molecule is O=C(CCCC(=O)N1C[C@@H](CCl)c2c1cc(OC1OC(CO)C(O)C(O)C1O)c1ccccc21)N1C[C@@H](CCl)c2c1cc(OC1OC(CO)C(O)C(O)C1O)c1ccccc21. The first-order valence-corrected chi connectivity index (χ1v) is 21.3. The summed E-state index contributed by atoms with van der Waals surface area (Å²) in [5.74, 6) is -0.142. The van der Waals surface area contributed by atoms with E-state index < -0.39 is 74.6 Å². The van der Waals surface area contributed by atoms with Gasteiger partial charge in [-0.2, -0.15) is 0 Å². The van der Waals surface area contributed by atoms with Crippen molar-refractivity contribution in [2.24, 2.45) is 0 Å². The van der Waals surface area contributed by atoms with Gasteiger partial charge in [0.1, 0.15) is 60.3 Å². The topological polar surface area (TPSA) is 239 Å². The van der Waals surface area contributed by atoms with Crippen LogP contribution >= 0.6 is 23.2 Å². The summed E-state index contributed by atoms with van der Waals surface area (Å²) in [6.07, 6.45) is -14.9. The molecule has 0 saturated carbocycles. The van der Waals surface area contributed by atoms with Crippen molar-refractivity contribution in [3.8, 4) is 11.5 Å². The summed E-state index contributed by atoms with van der Waals surface area (Å²) in [6, 6.07) is 17.9. The van der Waals surface area contributed by atoms with Gasteiger partial charge in [-0.3, -0.25) is 9.59 Å². The Morgan fingerprint density at radius 1 is 0.590 bits per heavy atom. The Hall–Kier alpha value is -3.88. The second kappa shape index (κ2) is 18.1. The number of rotatable bonds is 12. The predicted octanol–water partition coefficient (Wildman–Crippen LogP) is 1.56. The average molecular weight is 888 g/mol. The van der Waals surface area contributed by atoms with Crippen molar-refractivity contribution in [2.45, 2.75) is 92.5 Å². The number of ether oxygens (including phenoxy) is 4. The van der Waals surface area contributed by atoms with Gasteiger partial charge in [0.15, 0.2) is 0 Å². The van der Waals surface area contributed by atoms with Gasteiger partial charge < -0.3 is 69.6 Å². The Kier molecular flexibility index (Phi) is 13.0. The molecule has 0 spiro atoms. The normalized spacial score (nSPS) is 31.0. The molecule has 16 nitrogen and oxygen atoms in total. The van der Waals surface area contributed by atoms with Crippen molar-refractivity contribution in [3.63, 3.8) is 0 Å². The highest BCUT2D eigenvalue weighted by molar-refractivity contribution is 6.19. The molecule has 4 aromatic carbocycles. The average Bonchev–Trinajstić information content (AvgIpc) is 3.85. The number of hydrogen-bond acceptors (Lipinski definition) is 14. The van der Waals surface area contributed by atoms with Gasteiger partial charge in [0, 0.05) is 72.4 Å². The highest BCUT2D eigenvalue weighted by Gasteiger charge is 2.47. The molecule has 61 heavy (non-hydrogen) atoms. The van der Waals surface area contributed by atoms with E-state index >= 15 is 0 Å². The number of hydrogen-bond donors (Lipinski definition) is 8. The Balaban J connectivity index is 1.01. The number of alkyl halides is 2. The minimum atomic E-state index is -1.65. The molecule has 8 N–H and O–H groups in total. The fourth-order valence-electron chi connectivity index (χ4n) is 8.99. The molecule has 0 aliphatic carbocycles. The van der Waals surface area contributed by atoms with Crippen LogP contribution in [0.3, 0.4) is 0 Å². The largest absolute Gasteiger partial charge is 0.461 e. The van der Waals surface area contributed by atoms with E-state index in [9.17, 15) is 50.4 Å². The zero-order valence-electron chi connectivity index (χ0n) is 32.7. The van der Waals surface area contributed by atoms with Crippen molar-refractivity contribution in [1.82, 2.24) is 0 Å². The number of aliphatic hydroxyl groups excluding tert-OH is 8. The number of aliphatic hydroxyl groups is 8. The van der Waals surface area contributed by atoms with Crippen LogP contribution in [-0.2, 0) is 19.1 Å². The van der Waals surface area contributed by atoms with Gasteiger partial charge in [-0.15, -0.1) is 23.2 Å². The van der Waals surface area contributed by atoms with Gasteiger partial charge >= 0.3 is 0 Å². The van der Waals surface area contributed by atoms with Crippen molar-refractivity contribution in [3.05, 3.63) is 71.8 Å².